The number of nitrogens with zero attached hydrogens (tertiary/aromatic N) is 1. The van der Waals surface area contributed by atoms with Crippen LogP contribution >= 0.6 is 0 Å². The standard InChI is InChI=1S/C15H19N3/c1-4-10-6-5-7-11-12(15(16)17)8-13(9(2)3)18-14(10)11/h5-9H,4H2,1-3H3,(H3,16,17). The van der Waals surface area contributed by atoms with Gasteiger partial charge in [0, 0.05) is 16.6 Å². The zero-order chi connectivity index (χ0) is 13.3. The number of para-hydroxylation sites is 1. The lowest BCUT2D eigenvalue weighted by Gasteiger charge is -2.12. The Labute approximate surface area is 108 Å². The van der Waals surface area contributed by atoms with Gasteiger partial charge in [-0.15, -0.1) is 0 Å². The van der Waals surface area contributed by atoms with Crippen LogP contribution in [0.2, 0.25) is 0 Å². The van der Waals surface area contributed by atoms with E-state index in [-0.39, 0.29) is 5.84 Å². The minimum atomic E-state index is 0.109. The van der Waals surface area contributed by atoms with Gasteiger partial charge in [0.1, 0.15) is 5.84 Å². The lowest BCUT2D eigenvalue weighted by molar-refractivity contribution is 0.828. The zero-order valence-corrected chi connectivity index (χ0v) is 11.1. The third kappa shape index (κ3) is 2.08. The van der Waals surface area contributed by atoms with Gasteiger partial charge < -0.3 is 5.73 Å². The lowest BCUT2D eigenvalue weighted by Crippen LogP contribution is -2.13. The first-order valence-electron chi connectivity index (χ1n) is 6.31. The van der Waals surface area contributed by atoms with Crippen LogP contribution in [0.1, 0.15) is 43.5 Å². The molecule has 0 aliphatic heterocycles. The van der Waals surface area contributed by atoms with Gasteiger partial charge in [-0.2, -0.15) is 0 Å². The molecule has 0 atom stereocenters. The second-order valence-electron chi connectivity index (χ2n) is 4.83. The number of fused-ring (bicyclic) bond motifs is 1. The molecule has 0 radical (unpaired) electrons. The van der Waals surface area contributed by atoms with Crippen molar-refractivity contribution in [2.45, 2.75) is 33.1 Å². The van der Waals surface area contributed by atoms with Crippen molar-refractivity contribution in [2.75, 3.05) is 0 Å². The second-order valence-corrected chi connectivity index (χ2v) is 4.83. The van der Waals surface area contributed by atoms with Crippen LogP contribution in [0.4, 0.5) is 0 Å². The van der Waals surface area contributed by atoms with Gasteiger partial charge >= 0.3 is 0 Å². The van der Waals surface area contributed by atoms with Crippen molar-refractivity contribution in [3.05, 3.63) is 41.1 Å². The molecule has 94 valence electrons. The van der Waals surface area contributed by atoms with Gasteiger partial charge in [0.2, 0.25) is 0 Å². The molecule has 1 aromatic heterocycles. The van der Waals surface area contributed by atoms with E-state index in [9.17, 15) is 0 Å². The first-order chi connectivity index (χ1) is 8.54. The number of rotatable bonds is 3. The average Bonchev–Trinajstić information content (AvgIpc) is 2.36. The van der Waals surface area contributed by atoms with Crippen LogP contribution in [-0.4, -0.2) is 10.8 Å². The van der Waals surface area contributed by atoms with Crippen LogP contribution in [0, 0.1) is 5.41 Å². The van der Waals surface area contributed by atoms with Gasteiger partial charge in [-0.25, -0.2) is 0 Å². The lowest BCUT2D eigenvalue weighted by atomic mass is 9.99. The van der Waals surface area contributed by atoms with Crippen LogP contribution in [0.15, 0.2) is 24.3 Å². The number of amidine groups is 1. The van der Waals surface area contributed by atoms with Crippen molar-refractivity contribution < 1.29 is 0 Å². The topological polar surface area (TPSA) is 62.8 Å². The highest BCUT2D eigenvalue weighted by molar-refractivity contribution is 6.07. The SMILES string of the molecule is CCc1cccc2c(C(=N)N)cc(C(C)C)nc12. The number of aromatic nitrogens is 1. The highest BCUT2D eigenvalue weighted by atomic mass is 14.7. The summed E-state index contributed by atoms with van der Waals surface area (Å²) in [6.45, 7) is 6.32. The van der Waals surface area contributed by atoms with E-state index in [1.807, 2.05) is 18.2 Å². The monoisotopic (exact) mass is 241 g/mol. The summed E-state index contributed by atoms with van der Waals surface area (Å²) in [5.41, 5.74) is 9.67. The summed E-state index contributed by atoms with van der Waals surface area (Å²) < 4.78 is 0. The Bertz CT molecular complexity index is 600. The maximum absolute atomic E-state index is 7.73. The molecule has 0 bridgehead atoms. The van der Waals surface area contributed by atoms with E-state index in [1.165, 1.54) is 5.56 Å². The molecule has 0 unspecified atom stereocenters. The zero-order valence-electron chi connectivity index (χ0n) is 11.1. The van der Waals surface area contributed by atoms with Crippen molar-refractivity contribution in [1.82, 2.24) is 4.98 Å². The number of aryl methyl sites for hydroxylation is 1. The van der Waals surface area contributed by atoms with Gasteiger partial charge in [0.15, 0.2) is 0 Å². The molecule has 0 spiro atoms. The largest absolute Gasteiger partial charge is 0.384 e. The minimum Gasteiger partial charge on any atom is -0.384 e. The molecule has 0 aliphatic carbocycles. The highest BCUT2D eigenvalue weighted by Crippen LogP contribution is 2.25. The first-order valence-corrected chi connectivity index (χ1v) is 6.31. The molecular weight excluding hydrogens is 222 g/mol. The van der Waals surface area contributed by atoms with E-state index in [2.05, 4.69) is 26.8 Å². The molecule has 0 saturated carbocycles. The van der Waals surface area contributed by atoms with E-state index in [1.54, 1.807) is 0 Å². The van der Waals surface area contributed by atoms with E-state index < -0.39 is 0 Å². The maximum atomic E-state index is 7.73. The molecule has 3 nitrogen and oxygen atoms in total. The van der Waals surface area contributed by atoms with Gasteiger partial charge in [0.25, 0.3) is 0 Å². The van der Waals surface area contributed by atoms with Gasteiger partial charge in [-0.3, -0.25) is 10.4 Å². The van der Waals surface area contributed by atoms with Crippen LogP contribution in [0.3, 0.4) is 0 Å². The summed E-state index contributed by atoms with van der Waals surface area (Å²) >= 11 is 0. The Morgan fingerprint density at radius 3 is 2.67 bits per heavy atom. The minimum absolute atomic E-state index is 0.109. The molecule has 3 heteroatoms. The molecule has 3 N–H and O–H groups in total. The third-order valence-corrected chi connectivity index (χ3v) is 3.21. The quantitative estimate of drug-likeness (QED) is 0.640. The Kier molecular flexibility index (Phi) is 3.32. The fourth-order valence-electron chi connectivity index (χ4n) is 2.13. The Morgan fingerprint density at radius 1 is 1.39 bits per heavy atom. The van der Waals surface area contributed by atoms with Gasteiger partial charge in [-0.1, -0.05) is 39.0 Å². The maximum Gasteiger partial charge on any atom is 0.123 e. The van der Waals surface area contributed by atoms with Crippen LogP contribution in [0.5, 0.6) is 0 Å². The Hall–Kier alpha value is -1.90. The number of pyridine rings is 1. The smallest absolute Gasteiger partial charge is 0.123 e. The Morgan fingerprint density at radius 2 is 2.11 bits per heavy atom. The molecule has 0 saturated heterocycles. The summed E-state index contributed by atoms with van der Waals surface area (Å²) in [6, 6.07) is 8.02. The molecule has 0 aliphatic rings. The Balaban J connectivity index is 2.85. The third-order valence-electron chi connectivity index (χ3n) is 3.21. The fraction of sp³-hybridized carbons (Fsp3) is 0.333. The number of nitrogen functional groups attached to an aromatic ring is 1. The highest BCUT2D eigenvalue weighted by Gasteiger charge is 2.12. The van der Waals surface area contributed by atoms with E-state index in [0.717, 1.165) is 28.6 Å². The van der Waals surface area contributed by atoms with Crippen molar-refractivity contribution in [2.24, 2.45) is 5.73 Å². The molecule has 0 fully saturated rings. The summed E-state index contributed by atoms with van der Waals surface area (Å²) in [6.07, 6.45) is 0.934. The molecule has 0 amide bonds. The number of benzene rings is 1. The van der Waals surface area contributed by atoms with Crippen LogP contribution in [-0.2, 0) is 6.42 Å². The van der Waals surface area contributed by atoms with Crippen molar-refractivity contribution in [3.63, 3.8) is 0 Å². The predicted octanol–water partition coefficient (Wildman–Crippen LogP) is 3.20. The number of nitrogens with one attached hydrogen (secondary N) is 1. The summed E-state index contributed by atoms with van der Waals surface area (Å²) in [5.74, 6) is 0.440. The molecule has 1 aromatic carbocycles. The molecule has 2 aromatic rings. The molecular formula is C15H19N3. The molecule has 1 heterocycles. The van der Waals surface area contributed by atoms with Gasteiger partial charge in [-0.05, 0) is 24.0 Å². The van der Waals surface area contributed by atoms with E-state index in [0.29, 0.717) is 5.92 Å². The van der Waals surface area contributed by atoms with Crippen molar-refractivity contribution in [3.8, 4) is 0 Å². The predicted molar refractivity (Wildman–Crippen MR) is 76.2 cm³/mol. The number of hydrogen-bond acceptors (Lipinski definition) is 2. The normalized spacial score (nSPS) is 11.1. The summed E-state index contributed by atoms with van der Waals surface area (Å²) in [4.78, 5) is 4.74. The number of nitrogens with two attached hydrogens (primary N) is 1. The van der Waals surface area contributed by atoms with Crippen LogP contribution < -0.4 is 5.73 Å². The average molecular weight is 241 g/mol. The second kappa shape index (κ2) is 4.77. The molecule has 2 rings (SSSR count). The summed E-state index contributed by atoms with van der Waals surface area (Å²) in [5, 5.41) is 8.71. The van der Waals surface area contributed by atoms with E-state index in [4.69, 9.17) is 16.1 Å². The number of hydrogen-bond donors (Lipinski definition) is 2. The van der Waals surface area contributed by atoms with Crippen LogP contribution in [0.25, 0.3) is 10.9 Å². The van der Waals surface area contributed by atoms with E-state index >= 15 is 0 Å². The first kappa shape index (κ1) is 12.6. The van der Waals surface area contributed by atoms with Gasteiger partial charge in [0.05, 0.1) is 5.52 Å². The van der Waals surface area contributed by atoms with Crippen molar-refractivity contribution >= 4 is 16.7 Å². The fourth-order valence-corrected chi connectivity index (χ4v) is 2.13. The molecule has 18 heavy (non-hydrogen) atoms. The van der Waals surface area contributed by atoms with Crippen molar-refractivity contribution in [1.29, 1.82) is 5.41 Å². The summed E-state index contributed by atoms with van der Waals surface area (Å²) in [7, 11) is 0.